The lowest BCUT2D eigenvalue weighted by molar-refractivity contribution is -0.182. The predicted octanol–water partition coefficient (Wildman–Crippen LogP) is 1.74. The Labute approximate surface area is 238 Å². The van der Waals surface area contributed by atoms with Crippen molar-refractivity contribution < 1.29 is 48.0 Å². The Kier molecular flexibility index (Phi) is 10.8. The summed E-state index contributed by atoms with van der Waals surface area (Å²) in [5, 5.41) is 13.5. The third-order valence-corrected chi connectivity index (χ3v) is 7.29. The van der Waals surface area contributed by atoms with Crippen molar-refractivity contribution in [3.8, 4) is 0 Å². The van der Waals surface area contributed by atoms with E-state index in [0.29, 0.717) is 6.42 Å². The summed E-state index contributed by atoms with van der Waals surface area (Å²) in [5.74, 6) is -2.25. The summed E-state index contributed by atoms with van der Waals surface area (Å²) in [6.45, 7) is 5.27. The molecular formula is C29H38N2O10. The van der Waals surface area contributed by atoms with Crippen molar-refractivity contribution >= 4 is 23.6 Å². The van der Waals surface area contributed by atoms with E-state index >= 15 is 0 Å². The van der Waals surface area contributed by atoms with Crippen LogP contribution < -0.4 is 11.1 Å². The largest absolute Gasteiger partial charge is 0.492 e. The van der Waals surface area contributed by atoms with Gasteiger partial charge in [-0.2, -0.15) is 0 Å². The Hall–Kier alpha value is -3.58. The van der Waals surface area contributed by atoms with Crippen molar-refractivity contribution in [1.29, 1.82) is 0 Å². The molecule has 0 radical (unpaired) electrons. The zero-order chi connectivity index (χ0) is 30.4. The molecule has 224 valence electrons. The van der Waals surface area contributed by atoms with Gasteiger partial charge in [-0.15, -0.1) is 0 Å². The molecule has 12 heteroatoms. The van der Waals surface area contributed by atoms with Gasteiger partial charge in [0.05, 0.1) is 25.0 Å². The molecule has 4 aliphatic rings. The number of Topliss-reactive ketones (excluding diaryl/α,β-unsaturated/α-hetero) is 1. The van der Waals surface area contributed by atoms with Crippen molar-refractivity contribution in [3.05, 3.63) is 58.6 Å². The monoisotopic (exact) mass is 574 g/mol. The zero-order valence-electron chi connectivity index (χ0n) is 24.0. The molecule has 4 N–H and O–H groups in total. The highest BCUT2D eigenvalue weighted by Crippen LogP contribution is 2.34. The minimum atomic E-state index is -1.47. The Morgan fingerprint density at radius 3 is 2.46 bits per heavy atom. The number of carbonyl (C=O) groups is 4. The van der Waals surface area contributed by atoms with Crippen LogP contribution in [0.4, 0.5) is 4.79 Å². The van der Waals surface area contributed by atoms with Gasteiger partial charge in [0.2, 0.25) is 11.6 Å². The van der Waals surface area contributed by atoms with Gasteiger partial charge in [0.25, 0.3) is 5.91 Å². The fourth-order valence-corrected chi connectivity index (χ4v) is 5.22. The molecule has 7 atom stereocenters. The lowest BCUT2D eigenvalue weighted by Crippen LogP contribution is -2.47. The van der Waals surface area contributed by atoms with E-state index in [2.05, 4.69) is 5.32 Å². The highest BCUT2D eigenvalue weighted by molar-refractivity contribution is 6.23. The number of nitrogens with two attached hydrogens (primary N) is 1. The van der Waals surface area contributed by atoms with Crippen LogP contribution in [0.15, 0.2) is 58.6 Å². The van der Waals surface area contributed by atoms with Gasteiger partial charge >= 0.3 is 6.09 Å². The topological polar surface area (TPSA) is 173 Å². The first kappa shape index (κ1) is 31.9. The van der Waals surface area contributed by atoms with Crippen LogP contribution in [0, 0.1) is 11.8 Å². The summed E-state index contributed by atoms with van der Waals surface area (Å²) in [4.78, 5) is 50.9. The lowest BCUT2D eigenvalue weighted by Gasteiger charge is -2.39. The molecule has 0 saturated heterocycles. The number of amides is 2. The number of ketones is 2. The molecule has 4 unspecified atom stereocenters. The van der Waals surface area contributed by atoms with Crippen LogP contribution in [-0.4, -0.2) is 80.7 Å². The Morgan fingerprint density at radius 2 is 1.85 bits per heavy atom. The molecule has 4 bridgehead atoms. The number of ether oxygens (including phenoxy) is 5. The maximum atomic E-state index is 13.4. The van der Waals surface area contributed by atoms with Crippen LogP contribution in [-0.2, 0) is 38.1 Å². The van der Waals surface area contributed by atoms with E-state index in [1.54, 1.807) is 6.08 Å². The van der Waals surface area contributed by atoms with Gasteiger partial charge in [0, 0.05) is 42.9 Å². The Bertz CT molecular complexity index is 1210. The highest BCUT2D eigenvalue weighted by Gasteiger charge is 2.41. The van der Waals surface area contributed by atoms with E-state index < -0.39 is 54.3 Å². The molecule has 2 amide bonds. The van der Waals surface area contributed by atoms with Crippen molar-refractivity contribution in [3.63, 3.8) is 0 Å². The van der Waals surface area contributed by atoms with Crippen LogP contribution in [0.5, 0.6) is 0 Å². The first-order chi connectivity index (χ1) is 19.4. The second-order valence-electron chi connectivity index (χ2n) is 10.3. The van der Waals surface area contributed by atoms with Crippen LogP contribution in [0.3, 0.4) is 0 Å². The Morgan fingerprint density at radius 1 is 1.15 bits per heavy atom. The number of hydrogen-bond acceptors (Lipinski definition) is 10. The standard InChI is InChI=1S/C29H38N2O10/c1-14-10-17-23(33)19(13-20(32)25(17)39-6)31-27(34)15(2)8-7-9-21(37-4)26(41-29(30)36)18-12-16(3)24(40-28(18)35)22(11-14)38-5/h7-9,12-14,16,21-22,24,26,28,35H,10-11H2,1-6H3,(H2,30,36)(H,31,34)/b9-7-,15-8+/t14?,16?,21-,22-,24?,26-,28?/m0/s1. The molecule has 1 aliphatic carbocycles. The fraction of sp³-hybridized carbons (Fsp3) is 0.517. The van der Waals surface area contributed by atoms with Crippen LogP contribution in [0.25, 0.3) is 0 Å². The summed E-state index contributed by atoms with van der Waals surface area (Å²) < 4.78 is 27.9. The molecule has 4 rings (SSSR count). The summed E-state index contributed by atoms with van der Waals surface area (Å²) in [7, 11) is 4.21. The second-order valence-corrected chi connectivity index (χ2v) is 10.3. The highest BCUT2D eigenvalue weighted by atomic mass is 16.6. The number of hydrogen-bond donors (Lipinski definition) is 3. The third-order valence-electron chi connectivity index (χ3n) is 7.29. The molecule has 3 heterocycles. The summed E-state index contributed by atoms with van der Waals surface area (Å²) in [6, 6.07) is 0. The summed E-state index contributed by atoms with van der Waals surface area (Å²) >= 11 is 0. The van der Waals surface area contributed by atoms with Gasteiger partial charge < -0.3 is 39.8 Å². The fourth-order valence-electron chi connectivity index (χ4n) is 5.22. The predicted molar refractivity (Wildman–Crippen MR) is 146 cm³/mol. The average molecular weight is 575 g/mol. The van der Waals surface area contributed by atoms with Gasteiger partial charge in [-0.1, -0.05) is 38.2 Å². The van der Waals surface area contributed by atoms with E-state index in [4.69, 9.17) is 29.4 Å². The minimum absolute atomic E-state index is 0.0775. The van der Waals surface area contributed by atoms with Crippen LogP contribution in [0.1, 0.15) is 33.6 Å². The van der Waals surface area contributed by atoms with Gasteiger partial charge in [0.15, 0.2) is 18.2 Å². The van der Waals surface area contributed by atoms with Crippen molar-refractivity contribution in [2.45, 2.75) is 64.3 Å². The molecule has 0 aromatic carbocycles. The average Bonchev–Trinajstić information content (AvgIpc) is 2.92. The van der Waals surface area contributed by atoms with Gasteiger partial charge in [-0.3, -0.25) is 14.4 Å². The van der Waals surface area contributed by atoms with Gasteiger partial charge in [-0.25, -0.2) is 4.79 Å². The molecule has 0 spiro atoms. The van der Waals surface area contributed by atoms with Gasteiger partial charge in [0.1, 0.15) is 6.10 Å². The number of aliphatic hydroxyl groups is 1. The van der Waals surface area contributed by atoms with E-state index in [9.17, 15) is 24.3 Å². The summed E-state index contributed by atoms with van der Waals surface area (Å²) in [5.41, 5.74) is 5.77. The van der Waals surface area contributed by atoms with E-state index in [1.165, 1.54) is 46.5 Å². The number of nitrogens with one attached hydrogen (secondary N) is 1. The molecule has 3 aliphatic heterocycles. The first-order valence-corrected chi connectivity index (χ1v) is 13.2. The second kappa shape index (κ2) is 13.9. The number of carbonyl (C=O) groups excluding carboxylic acids is 4. The maximum absolute atomic E-state index is 13.4. The molecule has 0 aromatic rings. The van der Waals surface area contributed by atoms with Crippen molar-refractivity contribution in [2.24, 2.45) is 17.6 Å². The van der Waals surface area contributed by atoms with Crippen LogP contribution >= 0.6 is 0 Å². The Balaban J connectivity index is 2.10. The number of rotatable bonds is 4. The molecule has 0 saturated carbocycles. The number of allylic oxidation sites excluding steroid dienone is 4. The number of primary amides is 1. The molecule has 12 nitrogen and oxygen atoms in total. The molecule has 0 fully saturated rings. The smallest absolute Gasteiger partial charge is 0.405 e. The van der Waals surface area contributed by atoms with E-state index in [0.717, 1.165) is 6.08 Å². The minimum Gasteiger partial charge on any atom is -0.492 e. The lowest BCUT2D eigenvalue weighted by atomic mass is 9.84. The normalized spacial score (nSPS) is 33.8. The van der Waals surface area contributed by atoms with Crippen molar-refractivity contribution in [2.75, 3.05) is 21.3 Å². The quantitative estimate of drug-likeness (QED) is 0.332. The van der Waals surface area contributed by atoms with E-state index in [-0.39, 0.29) is 46.4 Å². The summed E-state index contributed by atoms with van der Waals surface area (Å²) in [6.07, 6.45) is 2.07. The van der Waals surface area contributed by atoms with E-state index in [1.807, 2.05) is 13.8 Å². The van der Waals surface area contributed by atoms with Gasteiger partial charge in [-0.05, 0) is 25.7 Å². The molecule has 0 aromatic heterocycles. The van der Waals surface area contributed by atoms with Crippen LogP contribution in [0.2, 0.25) is 0 Å². The zero-order valence-corrected chi connectivity index (χ0v) is 24.0. The molecular weight excluding hydrogens is 536 g/mol. The third kappa shape index (κ3) is 7.39. The number of fused-ring (bicyclic) bond motifs is 10. The first-order valence-electron chi connectivity index (χ1n) is 13.2. The number of aliphatic hydroxyl groups excluding tert-OH is 1. The maximum Gasteiger partial charge on any atom is 0.405 e. The van der Waals surface area contributed by atoms with Crippen molar-refractivity contribution in [1.82, 2.24) is 5.32 Å². The SMILES string of the molecule is COC1=C2CC(C)C[C@H](OC)C3OC(O)C(=CC3C)[C@H](OC(N)=O)[C@@H](OC)/C=C\C=C(/C)C(=O)NC(=CC1=O)C2=O. The number of methoxy groups -OCH3 is 3. The molecule has 41 heavy (non-hydrogen) atoms.